The summed E-state index contributed by atoms with van der Waals surface area (Å²) in [6.45, 7) is 0.661. The molecule has 0 heterocycles. The van der Waals surface area contributed by atoms with E-state index in [4.69, 9.17) is 9.47 Å². The molecule has 0 spiro atoms. The molecule has 2 fully saturated rings. The molecule has 0 bridgehead atoms. The summed E-state index contributed by atoms with van der Waals surface area (Å²) in [6.07, 6.45) is 11.3. The number of hydrogen-bond donors (Lipinski definition) is 1. The summed E-state index contributed by atoms with van der Waals surface area (Å²) in [5.41, 5.74) is 0.381. The Bertz CT molecular complexity index is 788. The maximum absolute atomic E-state index is 13.3. The second-order valence-electron chi connectivity index (χ2n) is 9.09. The van der Waals surface area contributed by atoms with Gasteiger partial charge in [-0.25, -0.2) is 4.79 Å². The molecule has 0 aliphatic heterocycles. The predicted molar refractivity (Wildman–Crippen MR) is 133 cm³/mol. The first-order chi connectivity index (χ1) is 16.6. The van der Waals surface area contributed by atoms with Crippen molar-refractivity contribution < 1.29 is 23.9 Å². The molecule has 0 radical (unpaired) electrons. The number of esters is 1. The third-order valence-corrected chi connectivity index (χ3v) is 7.72. The Labute approximate surface area is 207 Å². The molecule has 2 aliphatic carbocycles. The van der Waals surface area contributed by atoms with E-state index in [2.05, 4.69) is 10.2 Å². The zero-order valence-electron chi connectivity index (χ0n) is 20.3. The number of hydrogen-bond acceptors (Lipinski definition) is 6. The van der Waals surface area contributed by atoms with Crippen molar-refractivity contribution in [3.63, 3.8) is 0 Å². The maximum atomic E-state index is 13.3. The second-order valence-corrected chi connectivity index (χ2v) is 10.1. The highest BCUT2D eigenvalue weighted by molar-refractivity contribution is 8.00. The van der Waals surface area contributed by atoms with Crippen LogP contribution in [0.4, 0.5) is 0 Å². The lowest BCUT2D eigenvalue weighted by Gasteiger charge is -2.41. The minimum Gasteiger partial charge on any atom is -0.452 e. The van der Waals surface area contributed by atoms with Crippen molar-refractivity contribution in [3.8, 4) is 0 Å². The second kappa shape index (κ2) is 14.4. The SMILES string of the molecule is COCCNC(=O)CSc1ccccc1C(=O)OCC(=O)N(C1CCCCC1)C1CCCCC1. The van der Waals surface area contributed by atoms with Gasteiger partial charge in [-0.05, 0) is 37.8 Å². The molecule has 2 saturated carbocycles. The molecule has 0 aromatic heterocycles. The molecule has 1 aromatic carbocycles. The number of nitrogens with zero attached hydrogens (tertiary/aromatic N) is 1. The summed E-state index contributed by atoms with van der Waals surface area (Å²) in [5.74, 6) is -0.543. The standard InChI is InChI=1S/C26H38N2O5S/c1-32-17-16-27-24(29)19-34-23-15-9-8-14-22(23)26(31)33-18-25(30)28(20-10-4-2-5-11-20)21-12-6-3-7-13-21/h8-9,14-15,20-21H,2-7,10-13,16-19H2,1H3,(H,27,29). The topological polar surface area (TPSA) is 84.9 Å². The van der Waals surface area contributed by atoms with Crippen LogP contribution in [0.15, 0.2) is 29.2 Å². The zero-order valence-corrected chi connectivity index (χ0v) is 21.1. The Morgan fingerprint density at radius 3 is 2.21 bits per heavy atom. The van der Waals surface area contributed by atoms with Crippen molar-refractivity contribution >= 4 is 29.5 Å². The molecule has 1 aromatic rings. The quantitative estimate of drug-likeness (QED) is 0.284. The van der Waals surface area contributed by atoms with E-state index in [-0.39, 0.29) is 36.3 Å². The Morgan fingerprint density at radius 2 is 1.59 bits per heavy atom. The fourth-order valence-corrected chi connectivity index (χ4v) is 5.82. The Hall–Kier alpha value is -2.06. The lowest BCUT2D eigenvalue weighted by molar-refractivity contribution is -0.141. The van der Waals surface area contributed by atoms with Gasteiger partial charge in [0.2, 0.25) is 5.91 Å². The first-order valence-electron chi connectivity index (χ1n) is 12.6. The lowest BCUT2D eigenvalue weighted by atomic mass is 9.88. The van der Waals surface area contributed by atoms with Gasteiger partial charge in [0.1, 0.15) is 0 Å². The van der Waals surface area contributed by atoms with E-state index in [1.807, 2.05) is 6.07 Å². The van der Waals surface area contributed by atoms with Crippen LogP contribution in [0.5, 0.6) is 0 Å². The third kappa shape index (κ3) is 8.01. The Balaban J connectivity index is 1.58. The molecule has 3 rings (SSSR count). The average molecular weight is 491 g/mol. The van der Waals surface area contributed by atoms with Crippen LogP contribution in [-0.2, 0) is 19.1 Å². The molecule has 34 heavy (non-hydrogen) atoms. The highest BCUT2D eigenvalue weighted by Gasteiger charge is 2.33. The number of amides is 2. The van der Waals surface area contributed by atoms with Crippen molar-refractivity contribution in [2.75, 3.05) is 32.6 Å². The first kappa shape index (κ1) is 26.5. The van der Waals surface area contributed by atoms with Crippen LogP contribution in [0.25, 0.3) is 0 Å². The number of rotatable bonds is 11. The van der Waals surface area contributed by atoms with E-state index in [1.54, 1.807) is 25.3 Å². The fraction of sp³-hybridized carbons (Fsp3) is 0.654. The smallest absolute Gasteiger partial charge is 0.339 e. The zero-order chi connectivity index (χ0) is 24.2. The van der Waals surface area contributed by atoms with Gasteiger partial charge in [0.25, 0.3) is 5.91 Å². The van der Waals surface area contributed by atoms with E-state index < -0.39 is 5.97 Å². The number of nitrogens with one attached hydrogen (secondary N) is 1. The Kier molecular flexibility index (Phi) is 11.2. The summed E-state index contributed by atoms with van der Waals surface area (Å²) in [6, 6.07) is 7.59. The van der Waals surface area contributed by atoms with Crippen molar-refractivity contribution in [2.45, 2.75) is 81.2 Å². The van der Waals surface area contributed by atoms with Crippen LogP contribution in [-0.4, -0.2) is 67.4 Å². The van der Waals surface area contributed by atoms with Crippen molar-refractivity contribution in [1.29, 1.82) is 0 Å². The number of carbonyl (C=O) groups is 3. The summed E-state index contributed by atoms with van der Waals surface area (Å²) >= 11 is 1.28. The normalized spacial score (nSPS) is 17.2. The maximum Gasteiger partial charge on any atom is 0.339 e. The summed E-state index contributed by atoms with van der Waals surface area (Å²) in [4.78, 5) is 40.9. The van der Waals surface area contributed by atoms with Crippen LogP contribution in [0.3, 0.4) is 0 Å². The largest absolute Gasteiger partial charge is 0.452 e. The van der Waals surface area contributed by atoms with Crippen LogP contribution in [0, 0.1) is 0 Å². The van der Waals surface area contributed by atoms with E-state index in [0.717, 1.165) is 51.4 Å². The van der Waals surface area contributed by atoms with Gasteiger partial charge in [-0.2, -0.15) is 0 Å². The molecule has 0 unspecified atom stereocenters. The van der Waals surface area contributed by atoms with E-state index >= 15 is 0 Å². The number of ether oxygens (including phenoxy) is 2. The van der Waals surface area contributed by atoms with Crippen LogP contribution < -0.4 is 5.32 Å². The van der Waals surface area contributed by atoms with Crippen LogP contribution in [0.1, 0.15) is 74.6 Å². The number of thioether (sulfide) groups is 1. The van der Waals surface area contributed by atoms with Gasteiger partial charge in [-0.3, -0.25) is 9.59 Å². The third-order valence-electron chi connectivity index (χ3n) is 6.64. The van der Waals surface area contributed by atoms with E-state index in [9.17, 15) is 14.4 Å². The molecule has 0 saturated heterocycles. The highest BCUT2D eigenvalue weighted by atomic mass is 32.2. The van der Waals surface area contributed by atoms with Gasteiger partial charge >= 0.3 is 5.97 Å². The van der Waals surface area contributed by atoms with Gasteiger partial charge in [0.15, 0.2) is 6.61 Å². The Morgan fingerprint density at radius 1 is 0.971 bits per heavy atom. The summed E-state index contributed by atoms with van der Waals surface area (Å²) in [5, 5.41) is 2.77. The minimum absolute atomic E-state index is 0.0743. The molecule has 2 aliphatic rings. The molecular weight excluding hydrogens is 452 g/mol. The van der Waals surface area contributed by atoms with Crippen molar-refractivity contribution in [3.05, 3.63) is 29.8 Å². The van der Waals surface area contributed by atoms with Crippen LogP contribution >= 0.6 is 11.8 Å². The molecule has 2 amide bonds. The number of benzene rings is 1. The molecule has 188 valence electrons. The first-order valence-corrected chi connectivity index (χ1v) is 13.5. The van der Waals surface area contributed by atoms with Gasteiger partial charge in [0, 0.05) is 30.6 Å². The number of carbonyl (C=O) groups excluding carboxylic acids is 3. The molecule has 7 nitrogen and oxygen atoms in total. The summed E-state index contributed by atoms with van der Waals surface area (Å²) < 4.78 is 10.5. The average Bonchev–Trinajstić information content (AvgIpc) is 2.88. The van der Waals surface area contributed by atoms with Crippen molar-refractivity contribution in [1.82, 2.24) is 10.2 Å². The summed E-state index contributed by atoms with van der Waals surface area (Å²) in [7, 11) is 1.58. The van der Waals surface area contributed by atoms with Crippen LogP contribution in [0.2, 0.25) is 0 Å². The predicted octanol–water partition coefficient (Wildman–Crippen LogP) is 4.19. The van der Waals surface area contributed by atoms with Gasteiger partial charge in [-0.1, -0.05) is 50.7 Å². The molecule has 1 N–H and O–H groups in total. The van der Waals surface area contributed by atoms with Gasteiger partial charge in [-0.15, -0.1) is 11.8 Å². The monoisotopic (exact) mass is 490 g/mol. The molecular formula is C26H38N2O5S. The fourth-order valence-electron chi connectivity index (χ4n) is 4.95. The van der Waals surface area contributed by atoms with E-state index in [1.165, 1.54) is 24.6 Å². The number of methoxy groups -OCH3 is 1. The highest BCUT2D eigenvalue weighted by Crippen LogP contribution is 2.30. The van der Waals surface area contributed by atoms with Gasteiger partial charge in [0.05, 0.1) is 17.9 Å². The minimum atomic E-state index is -0.525. The van der Waals surface area contributed by atoms with E-state index in [0.29, 0.717) is 23.6 Å². The van der Waals surface area contributed by atoms with Gasteiger partial charge < -0.3 is 19.7 Å². The van der Waals surface area contributed by atoms with Crippen molar-refractivity contribution in [2.24, 2.45) is 0 Å². The molecule has 0 atom stereocenters. The molecule has 8 heteroatoms. The lowest BCUT2D eigenvalue weighted by Crippen LogP contribution is -2.50.